The maximum atomic E-state index is 5.62. The van der Waals surface area contributed by atoms with Gasteiger partial charge in [-0.3, -0.25) is 4.99 Å². The van der Waals surface area contributed by atoms with Crippen LogP contribution in [0.5, 0.6) is 0 Å². The van der Waals surface area contributed by atoms with Crippen LogP contribution in [0.2, 0.25) is 0 Å². The summed E-state index contributed by atoms with van der Waals surface area (Å²) in [6.07, 6.45) is 5.41. The zero-order chi connectivity index (χ0) is 18.4. The molecule has 1 heterocycles. The first-order valence-electron chi connectivity index (χ1n) is 9.28. The summed E-state index contributed by atoms with van der Waals surface area (Å²) >= 11 is 2.07. The molecule has 7 heteroatoms. The SMILES string of the molecule is CCSC1CCC(NC(=NC)NCc2coc(-c3ccc(C)cc3)n2)C1.I. The van der Waals surface area contributed by atoms with E-state index in [1.807, 2.05) is 19.2 Å². The number of hydrogen-bond donors (Lipinski definition) is 2. The highest BCUT2D eigenvalue weighted by molar-refractivity contribution is 14.0. The minimum absolute atomic E-state index is 0. The van der Waals surface area contributed by atoms with Crippen molar-refractivity contribution in [3.8, 4) is 11.5 Å². The summed E-state index contributed by atoms with van der Waals surface area (Å²) in [5.41, 5.74) is 3.09. The van der Waals surface area contributed by atoms with Crippen LogP contribution in [0.25, 0.3) is 11.5 Å². The summed E-state index contributed by atoms with van der Waals surface area (Å²) < 4.78 is 5.62. The Morgan fingerprint density at radius 1 is 1.30 bits per heavy atom. The third-order valence-corrected chi connectivity index (χ3v) is 5.87. The summed E-state index contributed by atoms with van der Waals surface area (Å²) in [4.78, 5) is 8.91. The van der Waals surface area contributed by atoms with Gasteiger partial charge in [-0.05, 0) is 44.1 Å². The standard InChI is InChI=1S/C20H28N4OS.HI/c1-4-26-18-10-9-16(11-18)24-20(21-3)22-12-17-13-25-19(23-17)15-7-5-14(2)6-8-15;/h5-8,13,16,18H,4,9-12H2,1-3H3,(H2,21,22,24);1H. The van der Waals surface area contributed by atoms with Gasteiger partial charge in [-0.1, -0.05) is 24.6 Å². The fourth-order valence-electron chi connectivity index (χ4n) is 3.24. The highest BCUT2D eigenvalue weighted by Gasteiger charge is 2.25. The van der Waals surface area contributed by atoms with E-state index in [0.717, 1.165) is 22.5 Å². The Kier molecular flexibility index (Phi) is 8.95. The molecule has 1 aliphatic rings. The lowest BCUT2D eigenvalue weighted by molar-refractivity contribution is 0.571. The van der Waals surface area contributed by atoms with E-state index < -0.39 is 0 Å². The number of aliphatic imine (C=N–C) groups is 1. The number of aryl methyl sites for hydroxylation is 1. The van der Waals surface area contributed by atoms with Gasteiger partial charge in [-0.2, -0.15) is 11.8 Å². The molecule has 2 aromatic rings. The predicted octanol–water partition coefficient (Wildman–Crippen LogP) is 4.61. The van der Waals surface area contributed by atoms with Crippen LogP contribution in [0.4, 0.5) is 0 Å². The Balaban J connectivity index is 0.00000261. The van der Waals surface area contributed by atoms with E-state index in [-0.39, 0.29) is 24.0 Å². The largest absolute Gasteiger partial charge is 0.444 e. The molecule has 1 saturated carbocycles. The molecule has 0 spiro atoms. The number of hydrogen-bond acceptors (Lipinski definition) is 4. The molecule has 2 unspecified atom stereocenters. The number of oxazole rings is 1. The van der Waals surface area contributed by atoms with Gasteiger partial charge in [-0.25, -0.2) is 4.98 Å². The number of thioether (sulfide) groups is 1. The lowest BCUT2D eigenvalue weighted by Gasteiger charge is -2.17. The highest BCUT2D eigenvalue weighted by atomic mass is 127. The van der Waals surface area contributed by atoms with Crippen LogP contribution in [0.15, 0.2) is 39.9 Å². The van der Waals surface area contributed by atoms with E-state index in [1.165, 1.54) is 30.6 Å². The number of nitrogens with one attached hydrogen (secondary N) is 2. The topological polar surface area (TPSA) is 62.5 Å². The molecule has 148 valence electrons. The van der Waals surface area contributed by atoms with Crippen molar-refractivity contribution >= 4 is 41.7 Å². The molecule has 27 heavy (non-hydrogen) atoms. The Bertz CT molecular complexity index is 732. The molecule has 1 aliphatic carbocycles. The monoisotopic (exact) mass is 500 g/mol. The molecule has 0 radical (unpaired) electrons. The van der Waals surface area contributed by atoms with Crippen LogP contribution in [-0.2, 0) is 6.54 Å². The van der Waals surface area contributed by atoms with E-state index in [4.69, 9.17) is 4.42 Å². The van der Waals surface area contributed by atoms with Crippen LogP contribution in [-0.4, -0.2) is 35.0 Å². The fraction of sp³-hybridized carbons (Fsp3) is 0.500. The first kappa shape index (κ1) is 22.1. The average Bonchev–Trinajstić information content (AvgIpc) is 3.29. The first-order chi connectivity index (χ1) is 12.7. The molecular formula is C20H29IN4OS. The predicted molar refractivity (Wildman–Crippen MR) is 125 cm³/mol. The van der Waals surface area contributed by atoms with Crippen LogP contribution >= 0.6 is 35.7 Å². The molecule has 1 aromatic carbocycles. The molecule has 0 aliphatic heterocycles. The molecule has 0 bridgehead atoms. The number of aromatic nitrogens is 1. The highest BCUT2D eigenvalue weighted by Crippen LogP contribution is 2.29. The number of nitrogens with zero attached hydrogens (tertiary/aromatic N) is 2. The molecule has 2 atom stereocenters. The third kappa shape index (κ3) is 6.41. The summed E-state index contributed by atoms with van der Waals surface area (Å²) in [7, 11) is 1.81. The molecule has 3 rings (SSSR count). The van der Waals surface area contributed by atoms with Crippen molar-refractivity contribution < 1.29 is 4.42 Å². The molecular weight excluding hydrogens is 471 g/mol. The van der Waals surface area contributed by atoms with Crippen molar-refractivity contribution in [2.45, 2.75) is 50.9 Å². The second-order valence-corrected chi connectivity index (χ2v) is 8.24. The van der Waals surface area contributed by atoms with Crippen molar-refractivity contribution in [2.75, 3.05) is 12.8 Å². The van der Waals surface area contributed by atoms with Crippen LogP contribution in [0.1, 0.15) is 37.4 Å². The van der Waals surface area contributed by atoms with Crippen molar-refractivity contribution in [1.82, 2.24) is 15.6 Å². The van der Waals surface area contributed by atoms with Crippen LogP contribution < -0.4 is 10.6 Å². The van der Waals surface area contributed by atoms with Gasteiger partial charge in [0, 0.05) is 23.9 Å². The first-order valence-corrected chi connectivity index (χ1v) is 10.3. The van der Waals surface area contributed by atoms with Crippen molar-refractivity contribution in [3.63, 3.8) is 0 Å². The van der Waals surface area contributed by atoms with Crippen molar-refractivity contribution in [2.24, 2.45) is 4.99 Å². The Labute approximate surface area is 183 Å². The lowest BCUT2D eigenvalue weighted by Crippen LogP contribution is -2.42. The average molecular weight is 500 g/mol. The van der Waals surface area contributed by atoms with Gasteiger partial charge in [0.05, 0.1) is 12.2 Å². The van der Waals surface area contributed by atoms with Gasteiger partial charge in [0.1, 0.15) is 6.26 Å². The number of guanidine groups is 1. The van der Waals surface area contributed by atoms with E-state index in [9.17, 15) is 0 Å². The van der Waals surface area contributed by atoms with E-state index in [0.29, 0.717) is 18.5 Å². The van der Waals surface area contributed by atoms with Gasteiger partial charge in [-0.15, -0.1) is 24.0 Å². The molecule has 0 amide bonds. The second-order valence-electron chi connectivity index (χ2n) is 6.67. The molecule has 1 fully saturated rings. The zero-order valence-corrected chi connectivity index (χ0v) is 19.3. The van der Waals surface area contributed by atoms with E-state index in [2.05, 4.69) is 58.4 Å². The maximum Gasteiger partial charge on any atom is 0.226 e. The minimum atomic E-state index is 0. The van der Waals surface area contributed by atoms with Crippen molar-refractivity contribution in [1.29, 1.82) is 0 Å². The van der Waals surface area contributed by atoms with E-state index in [1.54, 1.807) is 6.26 Å². The Hall–Kier alpha value is -1.22. The van der Waals surface area contributed by atoms with Gasteiger partial charge in [0.15, 0.2) is 5.96 Å². The second kappa shape index (κ2) is 10.9. The number of halogens is 1. The molecule has 2 N–H and O–H groups in total. The van der Waals surface area contributed by atoms with Crippen LogP contribution in [0, 0.1) is 6.92 Å². The van der Waals surface area contributed by atoms with Gasteiger partial charge in [0.2, 0.25) is 5.89 Å². The van der Waals surface area contributed by atoms with E-state index >= 15 is 0 Å². The fourth-order valence-corrected chi connectivity index (χ4v) is 4.38. The summed E-state index contributed by atoms with van der Waals surface area (Å²) in [6.45, 7) is 4.89. The Morgan fingerprint density at radius 3 is 2.78 bits per heavy atom. The zero-order valence-electron chi connectivity index (χ0n) is 16.2. The van der Waals surface area contributed by atoms with Gasteiger partial charge in [0.25, 0.3) is 0 Å². The molecule has 1 aromatic heterocycles. The van der Waals surface area contributed by atoms with Gasteiger partial charge < -0.3 is 15.1 Å². The quantitative estimate of drug-likeness (QED) is 0.345. The van der Waals surface area contributed by atoms with Crippen molar-refractivity contribution in [3.05, 3.63) is 41.8 Å². The van der Waals surface area contributed by atoms with Gasteiger partial charge >= 0.3 is 0 Å². The summed E-state index contributed by atoms with van der Waals surface area (Å²) in [5.74, 6) is 2.68. The smallest absolute Gasteiger partial charge is 0.226 e. The molecule has 0 saturated heterocycles. The number of benzene rings is 1. The minimum Gasteiger partial charge on any atom is -0.444 e. The van der Waals surface area contributed by atoms with Crippen LogP contribution in [0.3, 0.4) is 0 Å². The summed E-state index contributed by atoms with van der Waals surface area (Å²) in [5, 5.41) is 7.66. The summed E-state index contributed by atoms with van der Waals surface area (Å²) in [6, 6.07) is 8.70. The molecule has 5 nitrogen and oxygen atoms in total. The third-order valence-electron chi connectivity index (χ3n) is 4.64. The normalized spacial score (nSPS) is 19.6. The number of rotatable bonds is 6. The lowest BCUT2D eigenvalue weighted by atomic mass is 10.1. The maximum absolute atomic E-state index is 5.62. The Morgan fingerprint density at radius 2 is 2.07 bits per heavy atom.